The van der Waals surface area contributed by atoms with E-state index in [1.54, 1.807) is 0 Å². The summed E-state index contributed by atoms with van der Waals surface area (Å²) in [5.74, 6) is 0.0230. The molecule has 0 bridgehead atoms. The first-order valence-electron chi connectivity index (χ1n) is 9.15. The molecule has 1 N–H and O–H groups in total. The number of aromatic nitrogens is 2. The van der Waals surface area contributed by atoms with Gasteiger partial charge in [0.25, 0.3) is 0 Å². The van der Waals surface area contributed by atoms with Crippen LogP contribution in [0.4, 0.5) is 0 Å². The van der Waals surface area contributed by atoms with E-state index in [1.807, 2.05) is 55.1 Å². The quantitative estimate of drug-likeness (QED) is 0.615. The number of carboxylic acid groups (broad SMARTS) is 1. The molecule has 0 amide bonds. The van der Waals surface area contributed by atoms with E-state index in [1.165, 1.54) is 5.56 Å². The summed E-state index contributed by atoms with van der Waals surface area (Å²) in [6.07, 6.45) is 0.877. The molecule has 0 aliphatic rings. The second-order valence-corrected chi connectivity index (χ2v) is 7.15. The van der Waals surface area contributed by atoms with Crippen molar-refractivity contribution in [2.75, 3.05) is 13.1 Å². The van der Waals surface area contributed by atoms with Crippen LogP contribution in [0, 0.1) is 0 Å². The largest absolute Gasteiger partial charge is 0.480 e. The Labute approximate surface area is 164 Å². The van der Waals surface area contributed by atoms with Crippen LogP contribution in [0.15, 0.2) is 48.5 Å². The molecule has 5 nitrogen and oxygen atoms in total. The molecule has 3 aromatic rings. The molecule has 0 aliphatic carbocycles. The average Bonchev–Trinajstić information content (AvgIpc) is 2.98. The fourth-order valence-electron chi connectivity index (χ4n) is 3.41. The van der Waals surface area contributed by atoms with Crippen molar-refractivity contribution in [1.29, 1.82) is 0 Å². The lowest BCUT2D eigenvalue weighted by atomic mass is 10.2. The number of fused-ring (bicyclic) bond motifs is 1. The lowest BCUT2D eigenvalue weighted by Gasteiger charge is -2.27. The van der Waals surface area contributed by atoms with E-state index in [9.17, 15) is 9.90 Å². The van der Waals surface area contributed by atoms with E-state index < -0.39 is 5.97 Å². The van der Waals surface area contributed by atoms with Gasteiger partial charge in [-0.2, -0.15) is 0 Å². The van der Waals surface area contributed by atoms with Gasteiger partial charge in [-0.25, -0.2) is 4.98 Å². The Bertz CT molecular complexity index is 924. The molecular formula is C21H24ClN3O2. The third-order valence-corrected chi connectivity index (χ3v) is 4.93. The second-order valence-electron chi connectivity index (χ2n) is 6.71. The summed E-state index contributed by atoms with van der Waals surface area (Å²) >= 11 is 6.16. The van der Waals surface area contributed by atoms with Gasteiger partial charge in [-0.1, -0.05) is 48.9 Å². The van der Waals surface area contributed by atoms with Gasteiger partial charge in [-0.3, -0.25) is 9.69 Å². The van der Waals surface area contributed by atoms with Gasteiger partial charge < -0.3 is 9.67 Å². The zero-order valence-electron chi connectivity index (χ0n) is 15.6. The number of halogens is 1. The van der Waals surface area contributed by atoms with Crippen LogP contribution in [-0.2, 0) is 11.3 Å². The fraction of sp³-hybridized carbons (Fsp3) is 0.333. The van der Waals surface area contributed by atoms with Crippen LogP contribution in [0.3, 0.4) is 0 Å². The summed E-state index contributed by atoms with van der Waals surface area (Å²) in [7, 11) is 0. The first-order chi connectivity index (χ1) is 13.0. The number of benzene rings is 2. The van der Waals surface area contributed by atoms with Gasteiger partial charge >= 0.3 is 5.97 Å². The van der Waals surface area contributed by atoms with Gasteiger partial charge in [0, 0.05) is 11.6 Å². The fourth-order valence-corrected chi connectivity index (χ4v) is 3.57. The Balaban J connectivity index is 2.06. The van der Waals surface area contributed by atoms with E-state index in [0.29, 0.717) is 18.1 Å². The minimum atomic E-state index is -0.830. The molecular weight excluding hydrogens is 362 g/mol. The normalized spacial score (nSPS) is 12.6. The van der Waals surface area contributed by atoms with Gasteiger partial charge in [0.1, 0.15) is 5.82 Å². The number of carbonyl (C=O) groups is 1. The van der Waals surface area contributed by atoms with E-state index >= 15 is 0 Å². The topological polar surface area (TPSA) is 58.4 Å². The van der Waals surface area contributed by atoms with Crippen LogP contribution in [0.2, 0.25) is 5.02 Å². The average molecular weight is 386 g/mol. The maximum atomic E-state index is 11.3. The number of aliphatic carboxylic acids is 1. The summed E-state index contributed by atoms with van der Waals surface area (Å²) in [5.41, 5.74) is 2.99. The van der Waals surface area contributed by atoms with Crippen molar-refractivity contribution in [2.24, 2.45) is 0 Å². The molecule has 0 aliphatic heterocycles. The van der Waals surface area contributed by atoms with Gasteiger partial charge in [-0.05, 0) is 43.7 Å². The molecule has 6 heteroatoms. The first-order valence-corrected chi connectivity index (χ1v) is 9.52. The third-order valence-electron chi connectivity index (χ3n) is 4.69. The number of rotatable bonds is 8. The number of nitrogens with zero attached hydrogens (tertiary/aromatic N) is 3. The van der Waals surface area contributed by atoms with Gasteiger partial charge in [0.2, 0.25) is 0 Å². The molecule has 0 radical (unpaired) electrons. The summed E-state index contributed by atoms with van der Waals surface area (Å²) in [5, 5.41) is 9.94. The molecule has 1 unspecified atom stereocenters. The van der Waals surface area contributed by atoms with Crippen LogP contribution in [0.1, 0.15) is 37.7 Å². The van der Waals surface area contributed by atoms with Crippen LogP contribution in [0.25, 0.3) is 11.0 Å². The Kier molecular flexibility index (Phi) is 6.14. The third kappa shape index (κ3) is 4.49. The van der Waals surface area contributed by atoms with Crippen LogP contribution >= 0.6 is 11.6 Å². The van der Waals surface area contributed by atoms with Crippen molar-refractivity contribution >= 4 is 28.6 Å². The summed E-state index contributed by atoms with van der Waals surface area (Å²) in [6.45, 7) is 5.43. The predicted molar refractivity (Wildman–Crippen MR) is 108 cm³/mol. The maximum absolute atomic E-state index is 11.3. The Morgan fingerprint density at radius 3 is 2.67 bits per heavy atom. The molecule has 0 fully saturated rings. The molecule has 142 valence electrons. The zero-order chi connectivity index (χ0) is 19.4. The van der Waals surface area contributed by atoms with Crippen LogP contribution < -0.4 is 0 Å². The molecule has 3 rings (SSSR count). The summed E-state index contributed by atoms with van der Waals surface area (Å²) in [6, 6.07) is 15.8. The Hall–Kier alpha value is -2.37. The van der Waals surface area contributed by atoms with Crippen molar-refractivity contribution in [3.05, 3.63) is 64.9 Å². The Morgan fingerprint density at radius 1 is 1.26 bits per heavy atom. The minimum Gasteiger partial charge on any atom is -0.480 e. The molecule has 1 atom stereocenters. The number of carboxylic acids is 1. The predicted octanol–water partition coefficient (Wildman–Crippen LogP) is 4.60. The number of hydrogen-bond donors (Lipinski definition) is 1. The van der Waals surface area contributed by atoms with E-state index in [2.05, 4.69) is 16.7 Å². The number of hydrogen-bond acceptors (Lipinski definition) is 3. The van der Waals surface area contributed by atoms with Gasteiger partial charge in [0.05, 0.1) is 23.6 Å². The molecule has 1 heterocycles. The van der Waals surface area contributed by atoms with Crippen molar-refractivity contribution in [1.82, 2.24) is 14.5 Å². The highest BCUT2D eigenvalue weighted by molar-refractivity contribution is 6.31. The highest BCUT2D eigenvalue weighted by atomic mass is 35.5. The van der Waals surface area contributed by atoms with Crippen molar-refractivity contribution in [2.45, 2.75) is 32.9 Å². The molecule has 0 saturated heterocycles. The highest BCUT2D eigenvalue weighted by Crippen LogP contribution is 2.27. The second kappa shape index (κ2) is 8.55. The van der Waals surface area contributed by atoms with Crippen LogP contribution in [-0.4, -0.2) is 38.6 Å². The summed E-state index contributed by atoms with van der Waals surface area (Å²) in [4.78, 5) is 18.1. The van der Waals surface area contributed by atoms with Crippen molar-refractivity contribution in [3.8, 4) is 0 Å². The molecule has 0 saturated carbocycles. The van der Waals surface area contributed by atoms with E-state index in [0.717, 1.165) is 23.3 Å². The SMILES string of the molecule is CCCN(CC(=O)O)C(C)c1nc2cc(Cl)ccc2n1Cc1ccccc1. The maximum Gasteiger partial charge on any atom is 0.317 e. The van der Waals surface area contributed by atoms with Crippen molar-refractivity contribution < 1.29 is 9.90 Å². The number of imidazole rings is 1. The van der Waals surface area contributed by atoms with E-state index in [-0.39, 0.29) is 12.6 Å². The molecule has 2 aromatic carbocycles. The Morgan fingerprint density at radius 2 is 2.00 bits per heavy atom. The zero-order valence-corrected chi connectivity index (χ0v) is 16.4. The van der Waals surface area contributed by atoms with Gasteiger partial charge in [-0.15, -0.1) is 0 Å². The monoisotopic (exact) mass is 385 g/mol. The van der Waals surface area contributed by atoms with Gasteiger partial charge in [0.15, 0.2) is 0 Å². The van der Waals surface area contributed by atoms with Crippen LogP contribution in [0.5, 0.6) is 0 Å². The standard InChI is InChI=1S/C21H24ClN3O2/c1-3-11-24(14-20(26)27)15(2)21-23-18-12-17(22)9-10-19(18)25(21)13-16-7-5-4-6-8-16/h4-10,12,15H,3,11,13-14H2,1-2H3,(H,26,27). The lowest BCUT2D eigenvalue weighted by Crippen LogP contribution is -2.34. The van der Waals surface area contributed by atoms with Crippen molar-refractivity contribution in [3.63, 3.8) is 0 Å². The smallest absolute Gasteiger partial charge is 0.317 e. The minimum absolute atomic E-state index is 0.00962. The summed E-state index contributed by atoms with van der Waals surface area (Å²) < 4.78 is 2.16. The first kappa shape index (κ1) is 19.4. The molecule has 1 aromatic heterocycles. The molecule has 27 heavy (non-hydrogen) atoms. The highest BCUT2D eigenvalue weighted by Gasteiger charge is 2.24. The van der Waals surface area contributed by atoms with E-state index in [4.69, 9.17) is 16.6 Å². The lowest BCUT2D eigenvalue weighted by molar-refractivity contribution is -0.138. The molecule has 0 spiro atoms.